The Morgan fingerprint density at radius 1 is 1.16 bits per heavy atom. The van der Waals surface area contributed by atoms with Crippen molar-refractivity contribution in [2.45, 2.75) is 25.3 Å². The Labute approximate surface area is 149 Å². The monoisotopic (exact) mass is 341 g/mol. The molecule has 2 saturated heterocycles. The number of hydrogen-bond donors (Lipinski definition) is 0. The molecule has 3 heterocycles. The first-order valence-corrected chi connectivity index (χ1v) is 9.82. The molecule has 0 unspecified atom stereocenters. The second-order valence-corrected chi connectivity index (χ2v) is 8.24. The molecule has 0 N–H and O–H groups in total. The molecule has 5 atom stereocenters. The summed E-state index contributed by atoms with van der Waals surface area (Å²) in [6.45, 7) is 5.00. The Morgan fingerprint density at radius 2 is 1.88 bits per heavy atom. The lowest BCUT2D eigenvalue weighted by Crippen LogP contribution is -2.47. The summed E-state index contributed by atoms with van der Waals surface area (Å²) < 4.78 is 5.51. The van der Waals surface area contributed by atoms with E-state index in [0.717, 1.165) is 55.4 Å². The van der Waals surface area contributed by atoms with E-state index in [0.29, 0.717) is 13.2 Å². The molecule has 5 rings (SSSR count). The van der Waals surface area contributed by atoms with Crippen LogP contribution in [0.4, 0.5) is 0 Å². The van der Waals surface area contributed by atoms with E-state index in [9.17, 15) is 4.79 Å². The highest BCUT2D eigenvalue weighted by atomic mass is 16.5. The van der Waals surface area contributed by atoms with Crippen molar-refractivity contribution >= 4 is 5.91 Å². The summed E-state index contributed by atoms with van der Waals surface area (Å²) >= 11 is 0. The maximum atomic E-state index is 13.5. The van der Waals surface area contributed by atoms with Crippen LogP contribution in [0.25, 0.3) is 0 Å². The molecule has 1 aromatic rings. The maximum Gasteiger partial charge on any atom is 0.244 e. The van der Waals surface area contributed by atoms with Gasteiger partial charge in [0.25, 0.3) is 0 Å². The first-order chi connectivity index (χ1) is 12.3. The van der Waals surface area contributed by atoms with E-state index in [1.165, 1.54) is 19.3 Å². The molecule has 25 heavy (non-hydrogen) atoms. The van der Waals surface area contributed by atoms with Gasteiger partial charge in [0.15, 0.2) is 0 Å². The second kappa shape index (κ2) is 6.36. The summed E-state index contributed by atoms with van der Waals surface area (Å²) in [5, 5.41) is 0. The molecule has 1 aromatic heterocycles. The van der Waals surface area contributed by atoms with Crippen molar-refractivity contribution in [2.75, 3.05) is 39.4 Å². The van der Waals surface area contributed by atoms with Crippen LogP contribution in [0, 0.1) is 23.7 Å². The third kappa shape index (κ3) is 2.68. The molecule has 2 bridgehead atoms. The van der Waals surface area contributed by atoms with Crippen LogP contribution < -0.4 is 0 Å². The number of fused-ring (bicyclic) bond motifs is 5. The number of aromatic nitrogens is 1. The van der Waals surface area contributed by atoms with E-state index in [4.69, 9.17) is 4.74 Å². The largest absolute Gasteiger partial charge is 0.379 e. The van der Waals surface area contributed by atoms with Crippen molar-refractivity contribution in [3.05, 3.63) is 30.1 Å². The van der Waals surface area contributed by atoms with Gasteiger partial charge in [0, 0.05) is 38.6 Å². The molecular formula is C20H27N3O2. The number of pyridine rings is 1. The molecule has 1 amide bonds. The van der Waals surface area contributed by atoms with Crippen LogP contribution >= 0.6 is 0 Å². The standard InChI is InChI=1S/C20H27N3O2/c24-20(23-12-17-14-3-4-15(10-14)18(17)13-23)19(16-2-1-5-21-11-16)22-6-8-25-9-7-22/h1-2,5,11,14-15,17-19H,3-4,6-10,12-13H2/t14-,15+,17-,18+,19-/m0/s1. The van der Waals surface area contributed by atoms with Crippen LogP contribution in [-0.4, -0.2) is 60.1 Å². The molecule has 0 spiro atoms. The summed E-state index contributed by atoms with van der Waals surface area (Å²) in [6.07, 6.45) is 7.85. The zero-order chi connectivity index (χ0) is 16.8. The number of nitrogens with zero attached hydrogens (tertiary/aromatic N) is 3. The Bertz CT molecular complexity index is 613. The summed E-state index contributed by atoms with van der Waals surface area (Å²) in [6, 6.07) is 3.79. The number of ether oxygens (including phenoxy) is 1. The van der Waals surface area contributed by atoms with Crippen LogP contribution in [0.2, 0.25) is 0 Å². The van der Waals surface area contributed by atoms with Gasteiger partial charge in [-0.25, -0.2) is 0 Å². The molecule has 0 radical (unpaired) electrons. The predicted octanol–water partition coefficient (Wildman–Crippen LogP) is 1.96. The lowest BCUT2D eigenvalue weighted by Gasteiger charge is -2.36. The van der Waals surface area contributed by atoms with Crippen molar-refractivity contribution in [1.82, 2.24) is 14.8 Å². The molecule has 2 saturated carbocycles. The normalized spacial score (nSPS) is 35.8. The first-order valence-electron chi connectivity index (χ1n) is 9.82. The predicted molar refractivity (Wildman–Crippen MR) is 93.8 cm³/mol. The van der Waals surface area contributed by atoms with Gasteiger partial charge in [0.1, 0.15) is 6.04 Å². The third-order valence-corrected chi connectivity index (χ3v) is 7.09. The number of morpholine rings is 1. The highest BCUT2D eigenvalue weighted by Gasteiger charge is 2.53. The van der Waals surface area contributed by atoms with Crippen LogP contribution in [0.15, 0.2) is 24.5 Å². The molecular weight excluding hydrogens is 314 g/mol. The van der Waals surface area contributed by atoms with Crippen LogP contribution in [0.5, 0.6) is 0 Å². The summed E-state index contributed by atoms with van der Waals surface area (Å²) in [5.74, 6) is 3.58. The average Bonchev–Trinajstić information content (AvgIpc) is 3.37. The number of likely N-dealkylation sites (tertiary alicyclic amines) is 1. The zero-order valence-electron chi connectivity index (χ0n) is 14.7. The van der Waals surface area contributed by atoms with E-state index in [2.05, 4.69) is 14.8 Å². The van der Waals surface area contributed by atoms with Gasteiger partial charge < -0.3 is 9.64 Å². The molecule has 2 aliphatic heterocycles. The van der Waals surface area contributed by atoms with E-state index in [1.54, 1.807) is 6.20 Å². The minimum Gasteiger partial charge on any atom is -0.379 e. The fraction of sp³-hybridized carbons (Fsp3) is 0.700. The van der Waals surface area contributed by atoms with Crippen molar-refractivity contribution in [3.8, 4) is 0 Å². The molecule has 4 aliphatic rings. The van der Waals surface area contributed by atoms with E-state index in [-0.39, 0.29) is 11.9 Å². The Morgan fingerprint density at radius 3 is 2.52 bits per heavy atom. The SMILES string of the molecule is O=C([C@H](c1cccnc1)N1CCOCC1)N1C[C@@H]2[C@@H]3CC[C@@H](C3)[C@@H]2C1. The average molecular weight is 341 g/mol. The molecule has 4 fully saturated rings. The van der Waals surface area contributed by atoms with Crippen molar-refractivity contribution in [1.29, 1.82) is 0 Å². The highest BCUT2D eigenvalue weighted by molar-refractivity contribution is 5.83. The number of hydrogen-bond acceptors (Lipinski definition) is 4. The van der Waals surface area contributed by atoms with Gasteiger partial charge in [-0.05, 0) is 54.6 Å². The van der Waals surface area contributed by atoms with Crippen molar-refractivity contribution in [3.63, 3.8) is 0 Å². The van der Waals surface area contributed by atoms with E-state index in [1.807, 2.05) is 18.3 Å². The van der Waals surface area contributed by atoms with Gasteiger partial charge >= 0.3 is 0 Å². The van der Waals surface area contributed by atoms with E-state index < -0.39 is 0 Å². The first kappa shape index (κ1) is 15.8. The van der Waals surface area contributed by atoms with Crippen LogP contribution in [-0.2, 0) is 9.53 Å². The van der Waals surface area contributed by atoms with Gasteiger partial charge in [0.2, 0.25) is 5.91 Å². The fourth-order valence-corrected chi connectivity index (χ4v) is 5.92. The number of amides is 1. The lowest BCUT2D eigenvalue weighted by atomic mass is 9.82. The highest BCUT2D eigenvalue weighted by Crippen LogP contribution is 2.55. The topological polar surface area (TPSA) is 45.7 Å². The summed E-state index contributed by atoms with van der Waals surface area (Å²) in [5.41, 5.74) is 1.02. The summed E-state index contributed by atoms with van der Waals surface area (Å²) in [7, 11) is 0. The Hall–Kier alpha value is -1.46. The van der Waals surface area contributed by atoms with Gasteiger partial charge in [-0.2, -0.15) is 0 Å². The maximum absolute atomic E-state index is 13.5. The number of carbonyl (C=O) groups excluding carboxylic acids is 1. The van der Waals surface area contributed by atoms with Gasteiger partial charge in [-0.1, -0.05) is 6.07 Å². The van der Waals surface area contributed by atoms with Crippen molar-refractivity contribution < 1.29 is 9.53 Å². The van der Waals surface area contributed by atoms with Crippen LogP contribution in [0.3, 0.4) is 0 Å². The van der Waals surface area contributed by atoms with E-state index >= 15 is 0 Å². The molecule has 2 aliphatic carbocycles. The molecule has 134 valence electrons. The third-order valence-electron chi connectivity index (χ3n) is 7.09. The zero-order valence-corrected chi connectivity index (χ0v) is 14.7. The fourth-order valence-electron chi connectivity index (χ4n) is 5.92. The molecule has 5 heteroatoms. The second-order valence-electron chi connectivity index (χ2n) is 8.24. The van der Waals surface area contributed by atoms with Crippen molar-refractivity contribution in [2.24, 2.45) is 23.7 Å². The minimum absolute atomic E-state index is 0.200. The smallest absolute Gasteiger partial charge is 0.244 e. The number of carbonyl (C=O) groups is 1. The quantitative estimate of drug-likeness (QED) is 0.843. The lowest BCUT2D eigenvalue weighted by molar-refractivity contribution is -0.138. The Kier molecular flexibility index (Phi) is 4.01. The summed E-state index contributed by atoms with van der Waals surface area (Å²) in [4.78, 5) is 22.3. The van der Waals surface area contributed by atoms with Gasteiger partial charge in [-0.15, -0.1) is 0 Å². The number of rotatable bonds is 3. The van der Waals surface area contributed by atoms with Gasteiger partial charge in [-0.3, -0.25) is 14.7 Å². The molecule has 0 aromatic carbocycles. The minimum atomic E-state index is -0.200. The van der Waals surface area contributed by atoms with Crippen LogP contribution in [0.1, 0.15) is 30.9 Å². The Balaban J connectivity index is 1.38. The van der Waals surface area contributed by atoms with Gasteiger partial charge in [0.05, 0.1) is 13.2 Å². The molecule has 5 nitrogen and oxygen atoms in total.